The third-order valence-corrected chi connectivity index (χ3v) is 4.04. The maximum absolute atomic E-state index is 6.17. The molecule has 1 fully saturated rings. The van der Waals surface area contributed by atoms with Crippen molar-refractivity contribution in [2.45, 2.75) is 25.7 Å². The van der Waals surface area contributed by atoms with E-state index in [0.717, 1.165) is 18.8 Å². The molecule has 1 aliphatic rings. The summed E-state index contributed by atoms with van der Waals surface area (Å²) < 4.78 is 5.18. The second kappa shape index (κ2) is 5.74. The topological polar surface area (TPSA) is 21.3 Å². The first kappa shape index (κ1) is 12.7. The zero-order valence-electron chi connectivity index (χ0n) is 10.5. The van der Waals surface area contributed by atoms with Crippen molar-refractivity contribution in [3.8, 4) is 5.75 Å². The Balaban J connectivity index is 2.12. The van der Waals surface area contributed by atoms with Crippen LogP contribution in [0.5, 0.6) is 5.75 Å². The number of halogens is 1. The van der Waals surface area contributed by atoms with Crippen molar-refractivity contribution in [2.24, 2.45) is 5.92 Å². The Kier molecular flexibility index (Phi) is 4.30. The monoisotopic (exact) mass is 253 g/mol. The number of benzene rings is 1. The summed E-state index contributed by atoms with van der Waals surface area (Å²) in [4.78, 5) is 0. The van der Waals surface area contributed by atoms with E-state index in [1.54, 1.807) is 7.11 Å². The van der Waals surface area contributed by atoms with E-state index in [-0.39, 0.29) is 0 Å². The molecule has 1 aliphatic heterocycles. The first-order chi connectivity index (χ1) is 8.22. The quantitative estimate of drug-likeness (QED) is 0.891. The summed E-state index contributed by atoms with van der Waals surface area (Å²) in [6, 6.07) is 6.13. The molecule has 2 unspecified atom stereocenters. The molecule has 2 rings (SSSR count). The van der Waals surface area contributed by atoms with Crippen molar-refractivity contribution in [1.29, 1.82) is 0 Å². The Morgan fingerprint density at radius 3 is 2.88 bits per heavy atom. The molecule has 3 heteroatoms. The zero-order chi connectivity index (χ0) is 12.3. The van der Waals surface area contributed by atoms with E-state index in [0.29, 0.717) is 16.9 Å². The largest absolute Gasteiger partial charge is 0.495 e. The number of methoxy groups -OCH3 is 1. The smallest absolute Gasteiger partial charge is 0.137 e. The molecule has 0 radical (unpaired) electrons. The minimum Gasteiger partial charge on any atom is -0.495 e. The summed E-state index contributed by atoms with van der Waals surface area (Å²) in [6.45, 7) is 4.56. The number of hydrogen-bond donors (Lipinski definition) is 1. The highest BCUT2D eigenvalue weighted by Crippen LogP contribution is 2.33. The van der Waals surface area contributed by atoms with Gasteiger partial charge in [0.15, 0.2) is 0 Å². The normalized spacial score (nSPS) is 22.2. The van der Waals surface area contributed by atoms with E-state index in [1.165, 1.54) is 18.4 Å². The highest BCUT2D eigenvalue weighted by Gasteiger charge is 2.21. The predicted molar refractivity (Wildman–Crippen MR) is 72.0 cm³/mol. The Labute approximate surface area is 108 Å². The minimum atomic E-state index is 0.547. The van der Waals surface area contributed by atoms with Crippen LogP contribution in [0.25, 0.3) is 0 Å². The fourth-order valence-corrected chi connectivity index (χ4v) is 2.81. The van der Waals surface area contributed by atoms with Crippen LogP contribution in [-0.4, -0.2) is 20.2 Å². The van der Waals surface area contributed by atoms with Crippen LogP contribution in [0.4, 0.5) is 0 Å². The van der Waals surface area contributed by atoms with Crippen LogP contribution in [0.3, 0.4) is 0 Å². The van der Waals surface area contributed by atoms with Crippen molar-refractivity contribution in [3.05, 3.63) is 28.8 Å². The van der Waals surface area contributed by atoms with Crippen LogP contribution >= 0.6 is 11.6 Å². The number of hydrogen-bond acceptors (Lipinski definition) is 2. The van der Waals surface area contributed by atoms with E-state index < -0.39 is 0 Å². The van der Waals surface area contributed by atoms with Gasteiger partial charge in [0, 0.05) is 0 Å². The summed E-state index contributed by atoms with van der Waals surface area (Å²) in [6.07, 6.45) is 2.58. The van der Waals surface area contributed by atoms with Crippen LogP contribution in [-0.2, 0) is 0 Å². The van der Waals surface area contributed by atoms with Crippen molar-refractivity contribution >= 4 is 11.6 Å². The molecule has 0 aliphatic carbocycles. The van der Waals surface area contributed by atoms with Gasteiger partial charge >= 0.3 is 0 Å². The molecule has 0 bridgehead atoms. The number of rotatable bonds is 3. The van der Waals surface area contributed by atoms with Crippen molar-refractivity contribution < 1.29 is 4.74 Å². The maximum atomic E-state index is 6.17. The van der Waals surface area contributed by atoms with Crippen LogP contribution in [0.2, 0.25) is 5.02 Å². The molecule has 2 nitrogen and oxygen atoms in total. The first-order valence-corrected chi connectivity index (χ1v) is 6.64. The van der Waals surface area contributed by atoms with Gasteiger partial charge in [-0.15, -0.1) is 0 Å². The Bertz CT molecular complexity index is 374. The molecule has 2 atom stereocenters. The molecule has 17 heavy (non-hydrogen) atoms. The SMILES string of the molecule is COc1ccc(C(C)C2CCCNC2)cc1Cl. The Morgan fingerprint density at radius 1 is 1.47 bits per heavy atom. The van der Waals surface area contributed by atoms with Gasteiger partial charge in [-0.3, -0.25) is 0 Å². The van der Waals surface area contributed by atoms with Crippen molar-refractivity contribution in [2.75, 3.05) is 20.2 Å². The van der Waals surface area contributed by atoms with Crippen LogP contribution in [0, 0.1) is 5.92 Å². The lowest BCUT2D eigenvalue weighted by atomic mass is 9.83. The zero-order valence-corrected chi connectivity index (χ0v) is 11.3. The summed E-state index contributed by atoms with van der Waals surface area (Å²) in [5.74, 6) is 2.02. The average Bonchev–Trinajstić information content (AvgIpc) is 2.39. The lowest BCUT2D eigenvalue weighted by molar-refractivity contribution is 0.334. The van der Waals surface area contributed by atoms with Crippen molar-refractivity contribution in [1.82, 2.24) is 5.32 Å². The Hall–Kier alpha value is -0.730. The second-order valence-corrected chi connectivity index (χ2v) is 5.20. The maximum Gasteiger partial charge on any atom is 0.137 e. The van der Waals surface area contributed by atoms with Gasteiger partial charge in [-0.25, -0.2) is 0 Å². The van der Waals surface area contributed by atoms with E-state index in [2.05, 4.69) is 18.3 Å². The second-order valence-electron chi connectivity index (χ2n) is 4.79. The predicted octanol–water partition coefficient (Wildman–Crippen LogP) is 3.45. The molecule has 0 aromatic heterocycles. The third-order valence-electron chi connectivity index (χ3n) is 3.74. The molecule has 0 spiro atoms. The molecule has 1 aromatic carbocycles. The van der Waals surface area contributed by atoms with E-state index >= 15 is 0 Å². The molecular weight excluding hydrogens is 234 g/mol. The first-order valence-electron chi connectivity index (χ1n) is 6.26. The number of nitrogens with one attached hydrogen (secondary N) is 1. The van der Waals surface area contributed by atoms with Gasteiger partial charge in [0.05, 0.1) is 12.1 Å². The fraction of sp³-hybridized carbons (Fsp3) is 0.571. The van der Waals surface area contributed by atoms with Gasteiger partial charge in [0.1, 0.15) is 5.75 Å². The molecule has 0 saturated carbocycles. The summed E-state index contributed by atoms with van der Waals surface area (Å²) in [5, 5.41) is 4.17. The van der Waals surface area contributed by atoms with Gasteiger partial charge < -0.3 is 10.1 Å². The molecule has 0 amide bonds. The lowest BCUT2D eigenvalue weighted by Gasteiger charge is -2.28. The van der Waals surface area contributed by atoms with Crippen LogP contribution in [0.1, 0.15) is 31.2 Å². The lowest BCUT2D eigenvalue weighted by Crippen LogP contribution is -2.32. The standard InChI is InChI=1S/C14H20ClNO/c1-10(12-4-3-7-16-9-12)11-5-6-14(17-2)13(15)8-11/h5-6,8,10,12,16H,3-4,7,9H2,1-2H3. The van der Waals surface area contributed by atoms with Crippen LogP contribution in [0.15, 0.2) is 18.2 Å². The molecule has 1 saturated heterocycles. The highest BCUT2D eigenvalue weighted by molar-refractivity contribution is 6.32. The third kappa shape index (κ3) is 2.93. The average molecular weight is 254 g/mol. The van der Waals surface area contributed by atoms with Gasteiger partial charge in [0.25, 0.3) is 0 Å². The molecule has 1 N–H and O–H groups in total. The summed E-state index contributed by atoms with van der Waals surface area (Å²) >= 11 is 6.17. The van der Waals surface area contributed by atoms with Gasteiger partial charge in [0.2, 0.25) is 0 Å². The summed E-state index contributed by atoms with van der Waals surface area (Å²) in [7, 11) is 1.65. The van der Waals surface area contributed by atoms with E-state index in [4.69, 9.17) is 16.3 Å². The molecule has 1 aromatic rings. The fourth-order valence-electron chi connectivity index (χ4n) is 2.54. The van der Waals surface area contributed by atoms with Crippen LogP contribution < -0.4 is 10.1 Å². The van der Waals surface area contributed by atoms with Gasteiger partial charge in [-0.1, -0.05) is 24.6 Å². The van der Waals surface area contributed by atoms with E-state index in [1.807, 2.05) is 12.1 Å². The Morgan fingerprint density at radius 2 is 2.29 bits per heavy atom. The number of piperidine rings is 1. The molecule has 1 heterocycles. The number of ether oxygens (including phenoxy) is 1. The molecule has 94 valence electrons. The van der Waals surface area contributed by atoms with Gasteiger partial charge in [-0.05, 0) is 55.5 Å². The van der Waals surface area contributed by atoms with Crippen molar-refractivity contribution in [3.63, 3.8) is 0 Å². The van der Waals surface area contributed by atoms with Gasteiger partial charge in [-0.2, -0.15) is 0 Å². The summed E-state index contributed by atoms with van der Waals surface area (Å²) in [5.41, 5.74) is 1.31. The van der Waals surface area contributed by atoms with E-state index in [9.17, 15) is 0 Å². The highest BCUT2D eigenvalue weighted by atomic mass is 35.5. The molecular formula is C14H20ClNO. The minimum absolute atomic E-state index is 0.547.